The van der Waals surface area contributed by atoms with E-state index in [4.69, 9.17) is 4.42 Å². The van der Waals surface area contributed by atoms with Gasteiger partial charge in [0.05, 0.1) is 22.1 Å². The molecule has 3 aromatic heterocycles. The maximum Gasteiger partial charge on any atom is 0.143 e. The molecule has 0 saturated heterocycles. The Labute approximate surface area is 312 Å². The number of nitrogens with zero attached hydrogens (tertiary/aromatic N) is 2. The molecule has 0 atom stereocenters. The highest BCUT2D eigenvalue weighted by molar-refractivity contribution is 6.14. The number of hydrogen-bond acceptors (Lipinski definition) is 1. The molecule has 0 amide bonds. The zero-order valence-corrected chi connectivity index (χ0v) is 30.2. The van der Waals surface area contributed by atoms with Gasteiger partial charge in [0, 0.05) is 54.7 Å². The first-order chi connectivity index (χ1) is 26.5. The summed E-state index contributed by atoms with van der Waals surface area (Å²) in [6, 6.07) is 51.7. The Balaban J connectivity index is 1.02. The Morgan fingerprint density at radius 1 is 0.537 bits per heavy atom. The molecule has 7 aromatic carbocycles. The maximum atomic E-state index is 6.57. The first-order valence-electron chi connectivity index (χ1n) is 19.1. The summed E-state index contributed by atoms with van der Waals surface area (Å²) in [6.45, 7) is 4.71. The molecule has 0 radical (unpaired) electrons. The fraction of sp³-hybridized carbons (Fsp3) is 0.0980. The van der Waals surface area contributed by atoms with Crippen molar-refractivity contribution >= 4 is 71.2 Å². The summed E-state index contributed by atoms with van der Waals surface area (Å²) < 4.78 is 11.5. The van der Waals surface area contributed by atoms with Crippen molar-refractivity contribution < 1.29 is 4.42 Å². The molecule has 3 heterocycles. The van der Waals surface area contributed by atoms with E-state index < -0.39 is 0 Å². The van der Waals surface area contributed by atoms with Crippen LogP contribution in [0.25, 0.3) is 99.2 Å². The van der Waals surface area contributed by atoms with E-state index >= 15 is 0 Å². The smallest absolute Gasteiger partial charge is 0.143 e. The van der Waals surface area contributed by atoms with Crippen molar-refractivity contribution in [2.24, 2.45) is 0 Å². The minimum absolute atomic E-state index is 0.175. The van der Waals surface area contributed by atoms with Crippen molar-refractivity contribution in [3.8, 4) is 27.9 Å². The second-order valence-electron chi connectivity index (χ2n) is 15.6. The van der Waals surface area contributed by atoms with Crippen LogP contribution >= 0.6 is 0 Å². The normalized spacial score (nSPS) is 14.9. The van der Waals surface area contributed by atoms with Crippen LogP contribution in [0.15, 0.2) is 162 Å². The fourth-order valence-electron chi connectivity index (χ4n) is 9.80. The number of hydrogen-bond donors (Lipinski definition) is 0. The van der Waals surface area contributed by atoms with E-state index in [1.807, 2.05) is 0 Å². The molecule has 0 bridgehead atoms. The van der Waals surface area contributed by atoms with Gasteiger partial charge in [-0.2, -0.15) is 0 Å². The molecule has 0 spiro atoms. The van der Waals surface area contributed by atoms with Gasteiger partial charge in [0.25, 0.3) is 0 Å². The Hall–Kier alpha value is -6.58. The van der Waals surface area contributed by atoms with Crippen molar-refractivity contribution in [3.63, 3.8) is 0 Å². The zero-order valence-electron chi connectivity index (χ0n) is 30.2. The zero-order chi connectivity index (χ0) is 35.7. The highest BCUT2D eigenvalue weighted by atomic mass is 16.3. The number of para-hydroxylation sites is 3. The molecule has 12 rings (SSSR count). The van der Waals surface area contributed by atoms with E-state index in [-0.39, 0.29) is 5.41 Å². The predicted molar refractivity (Wildman–Crippen MR) is 227 cm³/mol. The third-order valence-corrected chi connectivity index (χ3v) is 12.4. The third kappa shape index (κ3) is 3.96. The summed E-state index contributed by atoms with van der Waals surface area (Å²) in [4.78, 5) is 0. The monoisotopic (exact) mass is 692 g/mol. The number of rotatable bonds is 3. The topological polar surface area (TPSA) is 23.0 Å². The van der Waals surface area contributed by atoms with Crippen molar-refractivity contribution in [2.75, 3.05) is 0 Å². The van der Waals surface area contributed by atoms with E-state index in [9.17, 15) is 0 Å². The van der Waals surface area contributed by atoms with E-state index in [1.165, 1.54) is 99.1 Å². The second-order valence-corrected chi connectivity index (χ2v) is 15.6. The molecule has 10 aromatic rings. The first kappa shape index (κ1) is 29.9. The lowest BCUT2D eigenvalue weighted by molar-refractivity contribution is 0.653. The molecule has 0 aliphatic heterocycles. The van der Waals surface area contributed by atoms with Gasteiger partial charge >= 0.3 is 0 Å². The molecule has 0 saturated carbocycles. The SMILES string of the molecule is CC1(C)c2cc(-n3c4ccccc4c4cc(-c5ccc6c(c5)c5ccccc5n6C5=CC=CCC5)ccc43)ccc2-c2c1ccc1c2oc2ccccc21. The van der Waals surface area contributed by atoms with Gasteiger partial charge in [-0.1, -0.05) is 111 Å². The van der Waals surface area contributed by atoms with Gasteiger partial charge in [-0.05, 0) is 101 Å². The fourth-order valence-corrected chi connectivity index (χ4v) is 9.80. The maximum absolute atomic E-state index is 6.57. The van der Waals surface area contributed by atoms with Crippen molar-refractivity contribution in [1.29, 1.82) is 0 Å². The van der Waals surface area contributed by atoms with Gasteiger partial charge in [-0.3, -0.25) is 0 Å². The average molecular weight is 693 g/mol. The van der Waals surface area contributed by atoms with Crippen LogP contribution in [0.1, 0.15) is 37.8 Å². The van der Waals surface area contributed by atoms with Gasteiger partial charge < -0.3 is 13.6 Å². The molecule has 2 aliphatic carbocycles. The van der Waals surface area contributed by atoms with Crippen molar-refractivity contribution in [2.45, 2.75) is 32.1 Å². The largest absolute Gasteiger partial charge is 0.455 e. The van der Waals surface area contributed by atoms with Crippen LogP contribution in [0.5, 0.6) is 0 Å². The van der Waals surface area contributed by atoms with E-state index in [2.05, 4.69) is 181 Å². The van der Waals surface area contributed by atoms with Crippen molar-refractivity contribution in [1.82, 2.24) is 9.13 Å². The molecular formula is C51H36N2O. The van der Waals surface area contributed by atoms with Gasteiger partial charge in [0.2, 0.25) is 0 Å². The van der Waals surface area contributed by atoms with Crippen LogP contribution in [0.3, 0.4) is 0 Å². The number of benzene rings is 7. The summed E-state index contributed by atoms with van der Waals surface area (Å²) in [5.41, 5.74) is 16.8. The summed E-state index contributed by atoms with van der Waals surface area (Å²) in [5, 5.41) is 7.46. The van der Waals surface area contributed by atoms with Crippen LogP contribution in [-0.2, 0) is 5.41 Å². The van der Waals surface area contributed by atoms with Crippen LogP contribution in [0.4, 0.5) is 0 Å². The number of allylic oxidation sites excluding steroid dienone is 4. The van der Waals surface area contributed by atoms with Crippen LogP contribution in [-0.4, -0.2) is 9.13 Å². The Bertz CT molecular complexity index is 3300. The lowest BCUT2D eigenvalue weighted by atomic mass is 9.82. The summed E-state index contributed by atoms with van der Waals surface area (Å²) in [5.74, 6) is 0. The quantitative estimate of drug-likeness (QED) is 0.181. The molecule has 0 unspecified atom stereocenters. The lowest BCUT2D eigenvalue weighted by Crippen LogP contribution is -2.15. The molecule has 3 heteroatoms. The predicted octanol–water partition coefficient (Wildman–Crippen LogP) is 14.0. The third-order valence-electron chi connectivity index (χ3n) is 12.4. The van der Waals surface area contributed by atoms with E-state index in [0.717, 1.165) is 24.0 Å². The first-order valence-corrected chi connectivity index (χ1v) is 19.1. The van der Waals surface area contributed by atoms with E-state index in [1.54, 1.807) is 0 Å². The summed E-state index contributed by atoms with van der Waals surface area (Å²) >= 11 is 0. The second kappa shape index (κ2) is 10.7. The molecule has 54 heavy (non-hydrogen) atoms. The van der Waals surface area contributed by atoms with Crippen molar-refractivity contribution in [3.05, 3.63) is 169 Å². The van der Waals surface area contributed by atoms with Crippen LogP contribution in [0.2, 0.25) is 0 Å². The molecular weight excluding hydrogens is 657 g/mol. The summed E-state index contributed by atoms with van der Waals surface area (Å²) in [7, 11) is 0. The van der Waals surface area contributed by atoms with Crippen LogP contribution in [0, 0.1) is 0 Å². The Kier molecular flexibility index (Phi) is 5.96. The minimum Gasteiger partial charge on any atom is -0.455 e. The highest BCUT2D eigenvalue weighted by Crippen LogP contribution is 2.53. The Morgan fingerprint density at radius 3 is 1.91 bits per heavy atom. The van der Waals surface area contributed by atoms with Crippen LogP contribution < -0.4 is 0 Å². The van der Waals surface area contributed by atoms with E-state index in [0.29, 0.717) is 0 Å². The molecule has 256 valence electrons. The molecule has 3 nitrogen and oxygen atoms in total. The number of fused-ring (bicyclic) bond motifs is 13. The molecule has 0 fully saturated rings. The molecule has 0 N–H and O–H groups in total. The lowest BCUT2D eigenvalue weighted by Gasteiger charge is -2.22. The van der Waals surface area contributed by atoms with Gasteiger partial charge in [0.1, 0.15) is 11.2 Å². The standard InChI is InChI=1S/C51H36N2O/c1-51(2)42-25-24-38-37-16-8-11-19-48(37)54-50(38)49(42)39-23-22-34(30-43(39)51)53-45-18-10-7-15-36(45)41-29-32(21-27-47(41)53)31-20-26-46-40(28-31)35-14-6-9-17-44(35)52(46)33-12-4-3-5-13-33/h3-4,6-12,14-30H,5,13H2,1-2H3. The average Bonchev–Trinajstić information content (AvgIpc) is 3.93. The van der Waals surface area contributed by atoms with Gasteiger partial charge in [-0.25, -0.2) is 0 Å². The molecule has 2 aliphatic rings. The summed E-state index contributed by atoms with van der Waals surface area (Å²) in [6.07, 6.45) is 8.85. The Morgan fingerprint density at radius 2 is 1.19 bits per heavy atom. The minimum atomic E-state index is -0.175. The van der Waals surface area contributed by atoms with Gasteiger partial charge in [-0.15, -0.1) is 0 Å². The number of furan rings is 1. The highest BCUT2D eigenvalue weighted by Gasteiger charge is 2.38. The number of aromatic nitrogens is 2. The van der Waals surface area contributed by atoms with Gasteiger partial charge in [0.15, 0.2) is 0 Å².